The Morgan fingerprint density at radius 3 is 2.14 bits per heavy atom. The maximum Gasteiger partial charge on any atom is 0.175 e. The minimum absolute atomic E-state index is 0.0172. The SMILES string of the molecule is C#CC(C)c1ccc(S(C)(=O)=O)cc1. The van der Waals surface area contributed by atoms with Crippen molar-refractivity contribution in [3.8, 4) is 12.3 Å². The van der Waals surface area contributed by atoms with Gasteiger partial charge in [-0.05, 0) is 24.6 Å². The van der Waals surface area contributed by atoms with Crippen LogP contribution in [0.5, 0.6) is 0 Å². The van der Waals surface area contributed by atoms with Crippen LogP contribution >= 0.6 is 0 Å². The second kappa shape index (κ2) is 3.85. The molecule has 74 valence electrons. The third kappa shape index (κ3) is 2.36. The molecule has 0 bridgehead atoms. The highest BCUT2D eigenvalue weighted by Crippen LogP contribution is 2.16. The highest BCUT2D eigenvalue weighted by Gasteiger charge is 2.07. The lowest BCUT2D eigenvalue weighted by molar-refractivity contribution is 0.602. The molecule has 3 heteroatoms. The molecule has 0 saturated heterocycles. The number of rotatable bonds is 2. The van der Waals surface area contributed by atoms with Crippen molar-refractivity contribution < 1.29 is 8.42 Å². The van der Waals surface area contributed by atoms with Crippen molar-refractivity contribution in [2.24, 2.45) is 0 Å². The average Bonchev–Trinajstić information content (AvgIpc) is 2.15. The normalized spacial score (nSPS) is 13.2. The van der Waals surface area contributed by atoms with Crippen LogP contribution in [0.25, 0.3) is 0 Å². The fourth-order valence-electron chi connectivity index (χ4n) is 1.10. The predicted octanol–water partition coefficient (Wildman–Crippen LogP) is 1.83. The van der Waals surface area contributed by atoms with Crippen LogP contribution in [0.15, 0.2) is 29.2 Å². The zero-order valence-corrected chi connectivity index (χ0v) is 9.01. The van der Waals surface area contributed by atoms with E-state index in [1.54, 1.807) is 24.3 Å². The molecule has 0 spiro atoms. The van der Waals surface area contributed by atoms with E-state index in [2.05, 4.69) is 5.92 Å². The minimum atomic E-state index is -3.10. The monoisotopic (exact) mass is 208 g/mol. The van der Waals surface area contributed by atoms with Gasteiger partial charge in [0.05, 0.1) is 4.90 Å². The van der Waals surface area contributed by atoms with Crippen LogP contribution in [0.4, 0.5) is 0 Å². The third-order valence-electron chi connectivity index (χ3n) is 2.06. The summed E-state index contributed by atoms with van der Waals surface area (Å²) in [5, 5.41) is 0. The summed E-state index contributed by atoms with van der Waals surface area (Å²) in [5.41, 5.74) is 0.958. The Labute approximate surface area is 84.9 Å². The number of hydrogen-bond donors (Lipinski definition) is 0. The van der Waals surface area contributed by atoms with Crippen molar-refractivity contribution in [1.29, 1.82) is 0 Å². The van der Waals surface area contributed by atoms with E-state index >= 15 is 0 Å². The van der Waals surface area contributed by atoms with E-state index in [9.17, 15) is 8.42 Å². The fourth-order valence-corrected chi connectivity index (χ4v) is 1.73. The summed E-state index contributed by atoms with van der Waals surface area (Å²) in [6, 6.07) is 6.67. The van der Waals surface area contributed by atoms with Gasteiger partial charge in [0.15, 0.2) is 9.84 Å². The van der Waals surface area contributed by atoms with E-state index in [-0.39, 0.29) is 5.92 Å². The lowest BCUT2D eigenvalue weighted by atomic mass is 10.0. The zero-order chi connectivity index (χ0) is 10.8. The van der Waals surface area contributed by atoms with Gasteiger partial charge in [-0.2, -0.15) is 0 Å². The maximum absolute atomic E-state index is 11.1. The van der Waals surface area contributed by atoms with Gasteiger partial charge < -0.3 is 0 Å². The second-order valence-electron chi connectivity index (χ2n) is 3.23. The summed E-state index contributed by atoms with van der Waals surface area (Å²) < 4.78 is 22.3. The molecule has 0 aliphatic rings. The number of terminal acetylenes is 1. The first-order chi connectivity index (χ1) is 6.45. The summed E-state index contributed by atoms with van der Waals surface area (Å²) in [5.74, 6) is 2.61. The first kappa shape index (κ1) is 10.8. The summed E-state index contributed by atoms with van der Waals surface area (Å²) >= 11 is 0. The highest BCUT2D eigenvalue weighted by molar-refractivity contribution is 7.90. The topological polar surface area (TPSA) is 34.1 Å². The summed E-state index contributed by atoms with van der Waals surface area (Å²) in [6.07, 6.45) is 6.45. The molecule has 1 atom stereocenters. The Morgan fingerprint density at radius 2 is 1.79 bits per heavy atom. The van der Waals surface area contributed by atoms with Crippen LogP contribution in [-0.4, -0.2) is 14.7 Å². The van der Waals surface area contributed by atoms with Crippen molar-refractivity contribution in [3.05, 3.63) is 29.8 Å². The van der Waals surface area contributed by atoms with Crippen LogP contribution < -0.4 is 0 Å². The average molecular weight is 208 g/mol. The smallest absolute Gasteiger partial charge is 0.175 e. The standard InChI is InChI=1S/C11H12O2S/c1-4-9(2)10-5-7-11(8-6-10)14(3,12)13/h1,5-9H,2-3H3. The Bertz CT molecular complexity index is 449. The molecule has 0 aliphatic carbocycles. The largest absolute Gasteiger partial charge is 0.224 e. The van der Waals surface area contributed by atoms with Gasteiger partial charge in [-0.15, -0.1) is 6.42 Å². The molecule has 0 saturated carbocycles. The molecule has 0 aliphatic heterocycles. The van der Waals surface area contributed by atoms with E-state index in [1.807, 2.05) is 6.92 Å². The first-order valence-corrected chi connectivity index (χ1v) is 6.10. The molecule has 2 nitrogen and oxygen atoms in total. The third-order valence-corrected chi connectivity index (χ3v) is 3.19. The van der Waals surface area contributed by atoms with E-state index in [4.69, 9.17) is 6.42 Å². The Kier molecular flexibility index (Phi) is 2.97. The molecule has 0 fully saturated rings. The quantitative estimate of drug-likeness (QED) is 0.695. The predicted molar refractivity (Wildman–Crippen MR) is 56.8 cm³/mol. The Balaban J connectivity index is 3.09. The number of sulfone groups is 1. The van der Waals surface area contributed by atoms with Gasteiger partial charge in [0.1, 0.15) is 0 Å². The van der Waals surface area contributed by atoms with Crippen molar-refractivity contribution in [2.45, 2.75) is 17.7 Å². The molecule has 0 heterocycles. The second-order valence-corrected chi connectivity index (χ2v) is 5.25. The molecule has 0 aromatic heterocycles. The molecule has 0 radical (unpaired) electrons. The minimum Gasteiger partial charge on any atom is -0.224 e. The molecule has 1 aromatic carbocycles. The fraction of sp³-hybridized carbons (Fsp3) is 0.273. The molecule has 1 aromatic rings. The Morgan fingerprint density at radius 1 is 1.29 bits per heavy atom. The van der Waals surface area contributed by atoms with Gasteiger partial charge in [-0.3, -0.25) is 0 Å². The summed E-state index contributed by atoms with van der Waals surface area (Å²) in [4.78, 5) is 0.325. The van der Waals surface area contributed by atoms with Gasteiger partial charge in [0.25, 0.3) is 0 Å². The van der Waals surface area contributed by atoms with Gasteiger partial charge in [-0.25, -0.2) is 8.42 Å². The lowest BCUT2D eigenvalue weighted by Crippen LogP contribution is -1.97. The van der Waals surface area contributed by atoms with E-state index in [1.165, 1.54) is 6.26 Å². The molecule has 1 rings (SSSR count). The van der Waals surface area contributed by atoms with Crippen LogP contribution in [0.3, 0.4) is 0 Å². The molecule has 1 unspecified atom stereocenters. The van der Waals surface area contributed by atoms with Crippen molar-refractivity contribution in [3.63, 3.8) is 0 Å². The lowest BCUT2D eigenvalue weighted by Gasteiger charge is -2.04. The molecule has 14 heavy (non-hydrogen) atoms. The molecule has 0 amide bonds. The van der Waals surface area contributed by atoms with Crippen molar-refractivity contribution in [2.75, 3.05) is 6.26 Å². The Hall–Kier alpha value is -1.27. The number of hydrogen-bond acceptors (Lipinski definition) is 2. The summed E-state index contributed by atoms with van der Waals surface area (Å²) in [7, 11) is -3.10. The van der Waals surface area contributed by atoms with Crippen molar-refractivity contribution >= 4 is 9.84 Å². The van der Waals surface area contributed by atoms with Crippen LogP contribution in [-0.2, 0) is 9.84 Å². The van der Waals surface area contributed by atoms with E-state index < -0.39 is 9.84 Å². The van der Waals surface area contributed by atoms with E-state index in [0.29, 0.717) is 4.90 Å². The van der Waals surface area contributed by atoms with Crippen LogP contribution in [0, 0.1) is 12.3 Å². The van der Waals surface area contributed by atoms with Crippen molar-refractivity contribution in [1.82, 2.24) is 0 Å². The maximum atomic E-state index is 11.1. The molecular weight excluding hydrogens is 196 g/mol. The summed E-state index contributed by atoms with van der Waals surface area (Å²) in [6.45, 7) is 1.90. The van der Waals surface area contributed by atoms with Crippen LogP contribution in [0.2, 0.25) is 0 Å². The highest BCUT2D eigenvalue weighted by atomic mass is 32.2. The van der Waals surface area contributed by atoms with Gasteiger partial charge in [0, 0.05) is 12.2 Å². The van der Waals surface area contributed by atoms with Gasteiger partial charge >= 0.3 is 0 Å². The molecule has 0 N–H and O–H groups in total. The van der Waals surface area contributed by atoms with Crippen LogP contribution in [0.1, 0.15) is 18.4 Å². The number of benzene rings is 1. The van der Waals surface area contributed by atoms with E-state index in [0.717, 1.165) is 5.56 Å². The van der Waals surface area contributed by atoms with Gasteiger partial charge in [-0.1, -0.05) is 18.1 Å². The molecular formula is C11H12O2S. The zero-order valence-electron chi connectivity index (χ0n) is 8.19. The first-order valence-electron chi connectivity index (χ1n) is 4.21. The van der Waals surface area contributed by atoms with Gasteiger partial charge in [0.2, 0.25) is 0 Å².